The van der Waals surface area contributed by atoms with E-state index in [9.17, 15) is 14.4 Å². The summed E-state index contributed by atoms with van der Waals surface area (Å²) in [5, 5.41) is 30.5. The Hall–Kier alpha value is -2.38. The van der Waals surface area contributed by atoms with Gasteiger partial charge in [-0.3, -0.25) is 19.1 Å². The molecule has 0 fully saturated rings. The Labute approximate surface area is 101 Å². The lowest BCUT2D eigenvalue weighted by atomic mass is 9.82. The molecule has 3 N–H and O–H groups in total. The molecule has 0 amide bonds. The van der Waals surface area contributed by atoms with Crippen molar-refractivity contribution in [3.05, 3.63) is 18.0 Å². The van der Waals surface area contributed by atoms with Crippen molar-refractivity contribution in [1.29, 1.82) is 0 Å². The lowest BCUT2D eigenvalue weighted by molar-refractivity contribution is -0.175. The Balaban J connectivity index is 3.16. The van der Waals surface area contributed by atoms with Crippen LogP contribution in [0.4, 0.5) is 0 Å². The zero-order chi connectivity index (χ0) is 13.9. The zero-order valence-electron chi connectivity index (χ0n) is 9.53. The van der Waals surface area contributed by atoms with Gasteiger partial charge in [-0.15, -0.1) is 0 Å². The minimum atomic E-state index is -2.89. The fourth-order valence-electron chi connectivity index (χ4n) is 1.48. The van der Waals surface area contributed by atoms with Gasteiger partial charge in [0.05, 0.1) is 6.20 Å². The maximum absolute atomic E-state index is 11.0. The van der Waals surface area contributed by atoms with E-state index in [1.54, 1.807) is 6.92 Å². The number of hydrogen-bond donors (Lipinski definition) is 3. The van der Waals surface area contributed by atoms with E-state index in [2.05, 4.69) is 5.10 Å². The molecule has 0 saturated carbocycles. The van der Waals surface area contributed by atoms with E-state index in [-0.39, 0.29) is 5.56 Å². The quantitative estimate of drug-likeness (QED) is 0.595. The standard InChI is InChI=1S/C10H12N2O6/c1-2-12-5-6(4-11-12)3-10(7(13)14,8(15)16)9(17)18/h4-5H,2-3H2,1H3,(H,13,14)(H,15,16)(H,17,18). The molecule has 0 unspecified atom stereocenters. The molecule has 1 aromatic rings. The minimum Gasteiger partial charge on any atom is -0.480 e. The first kappa shape index (κ1) is 13.7. The summed E-state index contributed by atoms with van der Waals surface area (Å²) in [6.07, 6.45) is 2.02. The summed E-state index contributed by atoms with van der Waals surface area (Å²) in [4.78, 5) is 33.0. The van der Waals surface area contributed by atoms with Crippen LogP contribution in [0.2, 0.25) is 0 Å². The molecule has 18 heavy (non-hydrogen) atoms. The summed E-state index contributed by atoms with van der Waals surface area (Å²) in [6.45, 7) is 2.30. The second-order valence-electron chi connectivity index (χ2n) is 3.70. The molecule has 1 aromatic heterocycles. The van der Waals surface area contributed by atoms with Crippen molar-refractivity contribution in [3.8, 4) is 0 Å². The van der Waals surface area contributed by atoms with Gasteiger partial charge in [-0.1, -0.05) is 0 Å². The molecular formula is C10H12N2O6. The first-order chi connectivity index (χ1) is 8.34. The predicted octanol–water partition coefficient (Wildman–Crippen LogP) is -0.314. The van der Waals surface area contributed by atoms with Crippen LogP contribution in [0, 0.1) is 5.41 Å². The highest BCUT2D eigenvalue weighted by Crippen LogP contribution is 2.24. The predicted molar refractivity (Wildman–Crippen MR) is 56.9 cm³/mol. The molecule has 0 aliphatic carbocycles. The molecule has 0 atom stereocenters. The fourth-order valence-corrected chi connectivity index (χ4v) is 1.48. The van der Waals surface area contributed by atoms with Gasteiger partial charge in [0.2, 0.25) is 0 Å². The number of carboxylic acid groups (broad SMARTS) is 3. The number of carboxylic acids is 3. The molecular weight excluding hydrogens is 244 g/mol. The van der Waals surface area contributed by atoms with Crippen LogP contribution >= 0.6 is 0 Å². The second kappa shape index (κ2) is 4.86. The second-order valence-corrected chi connectivity index (χ2v) is 3.70. The molecule has 8 nitrogen and oxygen atoms in total. The van der Waals surface area contributed by atoms with Gasteiger partial charge in [-0.25, -0.2) is 0 Å². The molecule has 0 bridgehead atoms. The smallest absolute Gasteiger partial charge is 0.333 e. The maximum Gasteiger partial charge on any atom is 0.333 e. The van der Waals surface area contributed by atoms with Crippen molar-refractivity contribution in [2.24, 2.45) is 5.41 Å². The van der Waals surface area contributed by atoms with Crippen molar-refractivity contribution in [2.45, 2.75) is 19.9 Å². The first-order valence-electron chi connectivity index (χ1n) is 5.06. The number of rotatable bonds is 6. The van der Waals surface area contributed by atoms with E-state index < -0.39 is 29.7 Å². The van der Waals surface area contributed by atoms with Gasteiger partial charge in [0.1, 0.15) is 0 Å². The molecule has 98 valence electrons. The van der Waals surface area contributed by atoms with Gasteiger partial charge in [-0.05, 0) is 12.5 Å². The summed E-state index contributed by atoms with van der Waals surface area (Å²) in [5.74, 6) is -5.73. The molecule has 0 spiro atoms. The van der Waals surface area contributed by atoms with Gasteiger partial charge < -0.3 is 15.3 Å². The van der Waals surface area contributed by atoms with E-state index >= 15 is 0 Å². The summed E-state index contributed by atoms with van der Waals surface area (Å²) in [7, 11) is 0. The number of nitrogens with zero attached hydrogens (tertiary/aromatic N) is 2. The van der Waals surface area contributed by atoms with Crippen LogP contribution in [-0.2, 0) is 27.3 Å². The summed E-state index contributed by atoms with van der Waals surface area (Å²) < 4.78 is 1.45. The number of aromatic nitrogens is 2. The Morgan fingerprint density at radius 2 is 1.72 bits per heavy atom. The molecule has 1 heterocycles. The van der Waals surface area contributed by atoms with Crippen LogP contribution in [-0.4, -0.2) is 43.0 Å². The zero-order valence-corrected chi connectivity index (χ0v) is 9.53. The van der Waals surface area contributed by atoms with Crippen LogP contribution in [0.1, 0.15) is 12.5 Å². The van der Waals surface area contributed by atoms with Gasteiger partial charge in [0.25, 0.3) is 5.41 Å². The Morgan fingerprint density at radius 3 is 2.06 bits per heavy atom. The minimum absolute atomic E-state index is 0.240. The van der Waals surface area contributed by atoms with Crippen LogP contribution in [0.15, 0.2) is 12.4 Å². The number of carbonyl (C=O) groups is 3. The van der Waals surface area contributed by atoms with E-state index in [4.69, 9.17) is 15.3 Å². The molecule has 0 radical (unpaired) electrons. The van der Waals surface area contributed by atoms with Gasteiger partial charge >= 0.3 is 17.9 Å². The summed E-state index contributed by atoms with van der Waals surface area (Å²) in [5.41, 5.74) is -2.65. The van der Waals surface area contributed by atoms with Crippen LogP contribution < -0.4 is 0 Å². The van der Waals surface area contributed by atoms with Crippen LogP contribution in [0.5, 0.6) is 0 Å². The highest BCUT2D eigenvalue weighted by atomic mass is 16.4. The molecule has 8 heteroatoms. The lowest BCUT2D eigenvalue weighted by Gasteiger charge is -2.18. The molecule has 0 aliphatic rings. The average Bonchev–Trinajstić information content (AvgIpc) is 2.71. The van der Waals surface area contributed by atoms with Crippen molar-refractivity contribution in [3.63, 3.8) is 0 Å². The first-order valence-corrected chi connectivity index (χ1v) is 5.06. The monoisotopic (exact) mass is 256 g/mol. The van der Waals surface area contributed by atoms with Crippen LogP contribution in [0.3, 0.4) is 0 Å². The highest BCUT2D eigenvalue weighted by molar-refractivity contribution is 6.16. The van der Waals surface area contributed by atoms with Crippen molar-refractivity contribution >= 4 is 17.9 Å². The maximum atomic E-state index is 11.0. The molecule has 0 aliphatic heterocycles. The third kappa shape index (κ3) is 2.17. The van der Waals surface area contributed by atoms with E-state index in [1.807, 2.05) is 0 Å². The number of aryl methyl sites for hydroxylation is 1. The average molecular weight is 256 g/mol. The highest BCUT2D eigenvalue weighted by Gasteiger charge is 2.54. The van der Waals surface area contributed by atoms with E-state index in [0.717, 1.165) is 0 Å². The van der Waals surface area contributed by atoms with Crippen molar-refractivity contribution in [2.75, 3.05) is 0 Å². The summed E-state index contributed by atoms with van der Waals surface area (Å²) >= 11 is 0. The van der Waals surface area contributed by atoms with Crippen LogP contribution in [0.25, 0.3) is 0 Å². The molecule has 1 rings (SSSR count). The van der Waals surface area contributed by atoms with E-state index in [1.165, 1.54) is 17.1 Å². The Kier molecular flexibility index (Phi) is 3.70. The van der Waals surface area contributed by atoms with Crippen molar-refractivity contribution < 1.29 is 29.7 Å². The largest absolute Gasteiger partial charge is 0.480 e. The Morgan fingerprint density at radius 1 is 1.22 bits per heavy atom. The summed E-state index contributed by atoms with van der Waals surface area (Å²) in [6, 6.07) is 0. The number of hydrogen-bond acceptors (Lipinski definition) is 4. The number of aliphatic carboxylic acids is 3. The molecule has 0 saturated heterocycles. The van der Waals surface area contributed by atoms with E-state index in [0.29, 0.717) is 6.54 Å². The fraction of sp³-hybridized carbons (Fsp3) is 0.400. The third-order valence-corrected chi connectivity index (χ3v) is 2.58. The molecule has 0 aromatic carbocycles. The van der Waals surface area contributed by atoms with Gasteiger partial charge in [0.15, 0.2) is 0 Å². The lowest BCUT2D eigenvalue weighted by Crippen LogP contribution is -2.48. The SMILES string of the molecule is CCn1cc(CC(C(=O)O)(C(=O)O)C(=O)O)cn1. The van der Waals surface area contributed by atoms with Gasteiger partial charge in [0, 0.05) is 19.2 Å². The normalized spacial score (nSPS) is 11.2. The van der Waals surface area contributed by atoms with Gasteiger partial charge in [-0.2, -0.15) is 5.10 Å². The van der Waals surface area contributed by atoms with Crippen molar-refractivity contribution in [1.82, 2.24) is 9.78 Å². The third-order valence-electron chi connectivity index (χ3n) is 2.58. The Bertz CT molecular complexity index is 456. The topological polar surface area (TPSA) is 130 Å².